The molecule has 0 amide bonds. The molecular formula is C17H25NO4. The zero-order chi connectivity index (χ0) is 15.8. The van der Waals surface area contributed by atoms with E-state index in [2.05, 4.69) is 5.32 Å². The summed E-state index contributed by atoms with van der Waals surface area (Å²) in [7, 11) is 1.63. The standard InChI is InChI=1S/C13H16O3.C4H9NO/c1-16-12-7-6-10(13(14)15)8-11(12)9-4-2-3-5-9;1-3-6-4-2-5-1/h6-9H,2-5H2,1H3,(H,14,15);5H,1-4H2. The maximum atomic E-state index is 10.9. The van der Waals surface area contributed by atoms with E-state index >= 15 is 0 Å². The highest BCUT2D eigenvalue weighted by Gasteiger charge is 2.21. The molecule has 0 aromatic heterocycles. The summed E-state index contributed by atoms with van der Waals surface area (Å²) >= 11 is 0. The summed E-state index contributed by atoms with van der Waals surface area (Å²) in [6, 6.07) is 5.12. The fourth-order valence-corrected chi connectivity index (χ4v) is 2.94. The van der Waals surface area contributed by atoms with Crippen molar-refractivity contribution in [2.45, 2.75) is 31.6 Å². The van der Waals surface area contributed by atoms with Gasteiger partial charge in [-0.1, -0.05) is 12.8 Å². The topological polar surface area (TPSA) is 67.8 Å². The number of hydrogen-bond acceptors (Lipinski definition) is 4. The van der Waals surface area contributed by atoms with Gasteiger partial charge in [0.2, 0.25) is 0 Å². The highest BCUT2D eigenvalue weighted by molar-refractivity contribution is 5.88. The van der Waals surface area contributed by atoms with Gasteiger partial charge in [0.1, 0.15) is 5.75 Å². The van der Waals surface area contributed by atoms with E-state index in [4.69, 9.17) is 14.6 Å². The Morgan fingerprint density at radius 3 is 2.41 bits per heavy atom. The average molecular weight is 307 g/mol. The molecular weight excluding hydrogens is 282 g/mol. The minimum absolute atomic E-state index is 0.350. The van der Waals surface area contributed by atoms with E-state index in [0.717, 1.165) is 50.5 Å². The molecule has 5 nitrogen and oxygen atoms in total. The van der Waals surface area contributed by atoms with Crippen LogP contribution in [0.3, 0.4) is 0 Å². The Hall–Kier alpha value is -1.59. The molecule has 5 heteroatoms. The van der Waals surface area contributed by atoms with Gasteiger partial charge < -0.3 is 19.9 Å². The summed E-state index contributed by atoms with van der Waals surface area (Å²) in [6.45, 7) is 3.83. The van der Waals surface area contributed by atoms with Crippen LogP contribution in [-0.4, -0.2) is 44.5 Å². The van der Waals surface area contributed by atoms with Gasteiger partial charge in [-0.05, 0) is 42.5 Å². The fourth-order valence-electron chi connectivity index (χ4n) is 2.94. The Labute approximate surface area is 131 Å². The van der Waals surface area contributed by atoms with Gasteiger partial charge in [0.15, 0.2) is 0 Å². The summed E-state index contributed by atoms with van der Waals surface area (Å²) < 4.78 is 10.3. The lowest BCUT2D eigenvalue weighted by Crippen LogP contribution is -2.30. The van der Waals surface area contributed by atoms with Crippen molar-refractivity contribution in [3.05, 3.63) is 29.3 Å². The van der Waals surface area contributed by atoms with Crippen molar-refractivity contribution in [2.24, 2.45) is 0 Å². The zero-order valence-corrected chi connectivity index (χ0v) is 13.1. The molecule has 122 valence electrons. The second-order valence-electron chi connectivity index (χ2n) is 5.61. The van der Waals surface area contributed by atoms with Gasteiger partial charge in [0.05, 0.1) is 25.9 Å². The molecule has 0 unspecified atom stereocenters. The van der Waals surface area contributed by atoms with E-state index < -0.39 is 5.97 Å². The van der Waals surface area contributed by atoms with E-state index in [1.54, 1.807) is 25.3 Å². The summed E-state index contributed by atoms with van der Waals surface area (Å²) in [5, 5.41) is 12.1. The maximum absolute atomic E-state index is 10.9. The molecule has 1 saturated carbocycles. The van der Waals surface area contributed by atoms with Crippen LogP contribution < -0.4 is 10.1 Å². The number of nitrogens with one attached hydrogen (secondary N) is 1. The quantitative estimate of drug-likeness (QED) is 0.898. The van der Waals surface area contributed by atoms with E-state index in [0.29, 0.717) is 11.5 Å². The average Bonchev–Trinajstić information content (AvgIpc) is 3.10. The molecule has 1 aromatic rings. The minimum atomic E-state index is -0.873. The largest absolute Gasteiger partial charge is 0.496 e. The highest BCUT2D eigenvalue weighted by atomic mass is 16.5. The second-order valence-corrected chi connectivity index (χ2v) is 5.61. The first kappa shape index (κ1) is 16.8. The number of carboxylic acids is 1. The van der Waals surface area contributed by atoms with Crippen LogP contribution in [0.4, 0.5) is 0 Å². The molecule has 0 bridgehead atoms. The number of ether oxygens (including phenoxy) is 2. The highest BCUT2D eigenvalue weighted by Crippen LogP contribution is 2.39. The smallest absolute Gasteiger partial charge is 0.335 e. The maximum Gasteiger partial charge on any atom is 0.335 e. The van der Waals surface area contributed by atoms with Crippen LogP contribution in [-0.2, 0) is 4.74 Å². The molecule has 0 spiro atoms. The third-order valence-corrected chi connectivity index (χ3v) is 4.12. The monoisotopic (exact) mass is 307 g/mol. The number of methoxy groups -OCH3 is 1. The predicted molar refractivity (Wildman–Crippen MR) is 84.9 cm³/mol. The number of aromatic carboxylic acids is 1. The van der Waals surface area contributed by atoms with Gasteiger partial charge in [-0.25, -0.2) is 4.79 Å². The number of benzene rings is 1. The van der Waals surface area contributed by atoms with Crippen molar-refractivity contribution in [1.29, 1.82) is 0 Å². The number of rotatable bonds is 3. The summed E-state index contributed by atoms with van der Waals surface area (Å²) in [5.41, 5.74) is 1.41. The van der Waals surface area contributed by atoms with Crippen LogP contribution in [0, 0.1) is 0 Å². The van der Waals surface area contributed by atoms with Gasteiger partial charge in [-0.3, -0.25) is 0 Å². The van der Waals surface area contributed by atoms with Crippen LogP contribution >= 0.6 is 0 Å². The first-order chi connectivity index (χ1) is 10.7. The van der Waals surface area contributed by atoms with Crippen molar-refractivity contribution >= 4 is 5.97 Å². The molecule has 1 aliphatic heterocycles. The van der Waals surface area contributed by atoms with Crippen LogP contribution in [0.25, 0.3) is 0 Å². The van der Waals surface area contributed by atoms with Crippen LogP contribution in [0.2, 0.25) is 0 Å². The van der Waals surface area contributed by atoms with E-state index in [9.17, 15) is 4.79 Å². The molecule has 2 aliphatic rings. The molecule has 22 heavy (non-hydrogen) atoms. The summed E-state index contributed by atoms with van der Waals surface area (Å²) in [6.07, 6.45) is 4.73. The summed E-state index contributed by atoms with van der Waals surface area (Å²) in [4.78, 5) is 10.9. The van der Waals surface area contributed by atoms with Crippen molar-refractivity contribution < 1.29 is 19.4 Å². The number of carboxylic acid groups (broad SMARTS) is 1. The lowest BCUT2D eigenvalue weighted by Gasteiger charge is -2.14. The lowest BCUT2D eigenvalue weighted by atomic mass is 9.95. The Bertz CT molecular complexity index is 468. The molecule has 3 rings (SSSR count). The lowest BCUT2D eigenvalue weighted by molar-refractivity contribution is 0.0696. The Balaban J connectivity index is 0.000000246. The van der Waals surface area contributed by atoms with Gasteiger partial charge >= 0.3 is 5.97 Å². The normalized spacial score (nSPS) is 18.4. The van der Waals surface area contributed by atoms with Crippen LogP contribution in [0.15, 0.2) is 18.2 Å². The first-order valence-corrected chi connectivity index (χ1v) is 7.92. The third-order valence-electron chi connectivity index (χ3n) is 4.12. The Morgan fingerprint density at radius 2 is 1.95 bits per heavy atom. The number of hydrogen-bond donors (Lipinski definition) is 2. The van der Waals surface area contributed by atoms with E-state index in [1.165, 1.54) is 12.8 Å². The van der Waals surface area contributed by atoms with E-state index in [1.807, 2.05) is 0 Å². The van der Waals surface area contributed by atoms with Crippen molar-refractivity contribution in [3.8, 4) is 5.75 Å². The van der Waals surface area contributed by atoms with Gasteiger partial charge in [0.25, 0.3) is 0 Å². The molecule has 1 aliphatic carbocycles. The SMILES string of the molecule is C1COCCN1.COc1ccc(C(=O)O)cc1C1CCCC1. The molecule has 0 atom stereocenters. The zero-order valence-electron chi connectivity index (χ0n) is 13.1. The van der Waals surface area contributed by atoms with Crippen LogP contribution in [0.1, 0.15) is 47.5 Å². The molecule has 1 aromatic carbocycles. The molecule has 2 fully saturated rings. The Morgan fingerprint density at radius 1 is 1.27 bits per heavy atom. The second kappa shape index (κ2) is 8.76. The van der Waals surface area contributed by atoms with Crippen molar-refractivity contribution in [2.75, 3.05) is 33.4 Å². The first-order valence-electron chi connectivity index (χ1n) is 7.92. The van der Waals surface area contributed by atoms with Gasteiger partial charge in [0, 0.05) is 13.1 Å². The molecule has 1 heterocycles. The van der Waals surface area contributed by atoms with Gasteiger partial charge in [-0.15, -0.1) is 0 Å². The van der Waals surface area contributed by atoms with E-state index in [-0.39, 0.29) is 0 Å². The van der Waals surface area contributed by atoms with Crippen molar-refractivity contribution in [3.63, 3.8) is 0 Å². The number of carbonyl (C=O) groups is 1. The van der Waals surface area contributed by atoms with Gasteiger partial charge in [-0.2, -0.15) is 0 Å². The summed E-state index contributed by atoms with van der Waals surface area (Å²) in [5.74, 6) is 0.410. The minimum Gasteiger partial charge on any atom is -0.496 e. The molecule has 1 saturated heterocycles. The fraction of sp³-hybridized carbons (Fsp3) is 0.588. The van der Waals surface area contributed by atoms with Crippen molar-refractivity contribution in [1.82, 2.24) is 5.32 Å². The number of morpholine rings is 1. The van der Waals surface area contributed by atoms with Crippen LogP contribution in [0.5, 0.6) is 5.75 Å². The molecule has 2 N–H and O–H groups in total. The third kappa shape index (κ3) is 4.71. The Kier molecular flexibility index (Phi) is 6.68. The predicted octanol–water partition coefficient (Wildman–Crippen LogP) is 2.66. The molecule has 0 radical (unpaired) electrons.